The number of ether oxygens (including phenoxy) is 2. The predicted molar refractivity (Wildman–Crippen MR) is 163 cm³/mol. The van der Waals surface area contributed by atoms with Crippen molar-refractivity contribution in [2.75, 3.05) is 6.54 Å². The molecule has 1 aliphatic carbocycles. The number of esters is 2. The van der Waals surface area contributed by atoms with Crippen molar-refractivity contribution in [1.82, 2.24) is 24.9 Å². The van der Waals surface area contributed by atoms with Crippen LogP contribution in [0.5, 0.6) is 5.75 Å². The molecule has 12 heteroatoms. The first-order valence-electron chi connectivity index (χ1n) is 15.2. The zero-order chi connectivity index (χ0) is 33.2. The topological polar surface area (TPSA) is 99.4 Å². The third kappa shape index (κ3) is 5.63. The predicted octanol–water partition coefficient (Wildman–Crippen LogP) is 6.12. The number of carbonyl (C=O) groups excluding carboxylic acids is 2. The average molecular weight is 636 g/mol. The Morgan fingerprint density at radius 3 is 2.59 bits per heavy atom. The van der Waals surface area contributed by atoms with Gasteiger partial charge in [0.1, 0.15) is 16.9 Å². The first-order valence-corrected chi connectivity index (χ1v) is 15.2. The highest BCUT2D eigenvalue weighted by Gasteiger charge is 2.48. The van der Waals surface area contributed by atoms with Gasteiger partial charge in [-0.2, -0.15) is 13.2 Å². The first kappa shape index (κ1) is 31.7. The number of hydrogen-bond acceptors (Lipinski definition) is 8. The Kier molecular flexibility index (Phi) is 7.70. The van der Waals surface area contributed by atoms with Gasteiger partial charge < -0.3 is 9.47 Å². The summed E-state index contributed by atoms with van der Waals surface area (Å²) < 4.78 is 51.9. The third-order valence-corrected chi connectivity index (χ3v) is 9.26. The highest BCUT2D eigenvalue weighted by Crippen LogP contribution is 2.47. The van der Waals surface area contributed by atoms with Gasteiger partial charge >= 0.3 is 18.1 Å². The van der Waals surface area contributed by atoms with Crippen LogP contribution in [0.1, 0.15) is 79.5 Å². The number of carbonyl (C=O) groups is 2. The Balaban J connectivity index is 1.45. The summed E-state index contributed by atoms with van der Waals surface area (Å²) in [6, 6.07) is 11.7. The van der Waals surface area contributed by atoms with Crippen molar-refractivity contribution in [3.8, 4) is 5.75 Å². The lowest BCUT2D eigenvalue weighted by Crippen LogP contribution is -2.41. The smallest absolute Gasteiger partial charge is 0.485 e. The number of nitrogens with zero attached hydrogens (tertiary/aromatic N) is 5. The largest absolute Gasteiger partial charge is 0.491 e. The van der Waals surface area contributed by atoms with Gasteiger partial charge in [0.2, 0.25) is 0 Å². The monoisotopic (exact) mass is 635 g/mol. The number of fused-ring (bicyclic) bond motifs is 3. The van der Waals surface area contributed by atoms with Gasteiger partial charge in [0.05, 0.1) is 17.1 Å². The molecule has 0 N–H and O–H groups in total. The van der Waals surface area contributed by atoms with E-state index in [2.05, 4.69) is 31.0 Å². The quantitative estimate of drug-likeness (QED) is 0.191. The molecule has 0 amide bonds. The summed E-state index contributed by atoms with van der Waals surface area (Å²) in [5.41, 5.74) is 4.71. The molecule has 3 heterocycles. The number of pyridine rings is 1. The maximum Gasteiger partial charge on any atom is 0.491 e. The molecule has 6 rings (SSSR count). The van der Waals surface area contributed by atoms with Crippen LogP contribution in [0.15, 0.2) is 48.8 Å². The lowest BCUT2D eigenvalue weighted by atomic mass is 9.69. The number of aryl methyl sites for hydroxylation is 3. The fraction of sp³-hybridized carbons (Fsp3) is 0.441. The van der Waals surface area contributed by atoms with Crippen LogP contribution < -0.4 is 4.74 Å². The van der Waals surface area contributed by atoms with Crippen LogP contribution in [0.4, 0.5) is 13.2 Å². The molecule has 0 fully saturated rings. The average Bonchev–Trinajstić information content (AvgIpc) is 3.53. The molecule has 242 valence electrons. The summed E-state index contributed by atoms with van der Waals surface area (Å²) in [5, 5.41) is 8.43. The van der Waals surface area contributed by atoms with E-state index in [1.54, 1.807) is 24.1 Å². The maximum atomic E-state index is 13.5. The molecule has 0 unspecified atom stereocenters. The number of hydrogen-bond donors (Lipinski definition) is 0. The van der Waals surface area contributed by atoms with Crippen molar-refractivity contribution in [2.45, 2.75) is 77.7 Å². The lowest BCUT2D eigenvalue weighted by Gasteiger charge is -2.35. The van der Waals surface area contributed by atoms with Crippen molar-refractivity contribution in [3.63, 3.8) is 0 Å². The van der Waals surface area contributed by atoms with E-state index in [9.17, 15) is 22.8 Å². The van der Waals surface area contributed by atoms with Gasteiger partial charge in [-0.3, -0.25) is 14.7 Å². The van der Waals surface area contributed by atoms with Gasteiger partial charge in [-0.05, 0) is 87.4 Å². The molecule has 2 aromatic carbocycles. The molecule has 9 nitrogen and oxygen atoms in total. The molecule has 0 spiro atoms. The van der Waals surface area contributed by atoms with Gasteiger partial charge in [0.15, 0.2) is 0 Å². The van der Waals surface area contributed by atoms with Crippen LogP contribution in [0.3, 0.4) is 0 Å². The van der Waals surface area contributed by atoms with E-state index in [0.29, 0.717) is 29.7 Å². The number of alkyl halides is 3. The molecular formula is C34H36F3N5O4. The Bertz CT molecular complexity index is 1850. The standard InChI is InChI=1S/C34H36F3N5O4/c1-19-23(10-12-26-29(19)39-40-41(26)6)28(33(4,5)30(43)45-31(44)34(35,36)37)21-8-7-20-9-11-25(24(20)15-21)42-17-22-13-14-38-16-27(22)46-32(2,3)18-42/h7-8,10,12-16,25,28H,9,11,17-18H2,1-6H3/t25-,28-/m1/s1. The summed E-state index contributed by atoms with van der Waals surface area (Å²) in [4.78, 5) is 31.9. The van der Waals surface area contributed by atoms with Gasteiger partial charge in [-0.1, -0.05) is 29.5 Å². The molecule has 46 heavy (non-hydrogen) atoms. The van der Waals surface area contributed by atoms with Gasteiger partial charge in [-0.25, -0.2) is 9.48 Å². The zero-order valence-electron chi connectivity index (χ0n) is 26.6. The zero-order valence-corrected chi connectivity index (χ0v) is 26.6. The Morgan fingerprint density at radius 2 is 1.85 bits per heavy atom. The second-order valence-corrected chi connectivity index (χ2v) is 13.5. The second kappa shape index (κ2) is 11.2. The SMILES string of the molecule is Cc1c([C@@H](c2ccc3c(c2)[C@H](N2Cc4ccncc4OC(C)(C)C2)CC3)C(C)(C)C(=O)OC(=O)C(F)(F)F)ccc2c1nnn2C. The number of benzene rings is 2. The van der Waals surface area contributed by atoms with Crippen molar-refractivity contribution in [1.29, 1.82) is 0 Å². The molecule has 1 aliphatic heterocycles. The van der Waals surface area contributed by atoms with Crippen LogP contribution in [0.25, 0.3) is 11.0 Å². The maximum absolute atomic E-state index is 13.5. The highest BCUT2D eigenvalue weighted by molar-refractivity contribution is 5.92. The molecule has 2 aliphatic rings. The van der Waals surface area contributed by atoms with Crippen molar-refractivity contribution >= 4 is 23.0 Å². The van der Waals surface area contributed by atoms with Crippen LogP contribution in [0, 0.1) is 12.3 Å². The minimum atomic E-state index is -5.31. The van der Waals surface area contributed by atoms with E-state index in [1.807, 2.05) is 51.1 Å². The van der Waals surface area contributed by atoms with Crippen molar-refractivity contribution in [2.24, 2.45) is 12.5 Å². The van der Waals surface area contributed by atoms with E-state index in [-0.39, 0.29) is 6.04 Å². The first-order chi connectivity index (χ1) is 21.6. The summed E-state index contributed by atoms with van der Waals surface area (Å²) in [7, 11) is 1.76. The van der Waals surface area contributed by atoms with E-state index in [0.717, 1.165) is 40.8 Å². The van der Waals surface area contributed by atoms with E-state index in [4.69, 9.17) is 4.74 Å². The molecule has 0 saturated heterocycles. The molecule has 0 radical (unpaired) electrons. The molecule has 0 bridgehead atoms. The summed E-state index contributed by atoms with van der Waals surface area (Å²) in [6.45, 7) is 10.3. The van der Waals surface area contributed by atoms with Crippen LogP contribution >= 0.6 is 0 Å². The van der Waals surface area contributed by atoms with Crippen LogP contribution in [0.2, 0.25) is 0 Å². The van der Waals surface area contributed by atoms with Gasteiger partial charge in [0, 0.05) is 43.9 Å². The minimum Gasteiger partial charge on any atom is -0.485 e. The summed E-state index contributed by atoms with van der Waals surface area (Å²) >= 11 is 0. The fourth-order valence-electron chi connectivity index (χ4n) is 7.04. The Labute approximate surface area is 264 Å². The van der Waals surface area contributed by atoms with E-state index < -0.39 is 35.0 Å². The second-order valence-electron chi connectivity index (χ2n) is 13.5. The number of aromatic nitrogens is 4. The molecule has 2 aromatic heterocycles. The third-order valence-electron chi connectivity index (χ3n) is 9.26. The molecular weight excluding hydrogens is 599 g/mol. The highest BCUT2D eigenvalue weighted by atomic mass is 19.4. The van der Waals surface area contributed by atoms with Gasteiger partial charge in [0.25, 0.3) is 0 Å². The Hall–Kier alpha value is -4.32. The Morgan fingerprint density at radius 1 is 1.09 bits per heavy atom. The summed E-state index contributed by atoms with van der Waals surface area (Å²) in [5.74, 6) is -3.84. The molecule has 4 aromatic rings. The number of halogens is 3. The van der Waals surface area contributed by atoms with E-state index >= 15 is 0 Å². The lowest BCUT2D eigenvalue weighted by molar-refractivity contribution is -0.204. The van der Waals surface area contributed by atoms with Crippen LogP contribution in [-0.2, 0) is 34.3 Å². The van der Waals surface area contributed by atoms with Gasteiger partial charge in [-0.15, -0.1) is 5.10 Å². The van der Waals surface area contributed by atoms with Crippen molar-refractivity contribution < 1.29 is 32.2 Å². The van der Waals surface area contributed by atoms with Crippen LogP contribution in [-0.4, -0.2) is 55.1 Å². The summed E-state index contributed by atoms with van der Waals surface area (Å²) in [6.07, 6.45) is -0.0915. The fourth-order valence-corrected chi connectivity index (χ4v) is 7.04. The van der Waals surface area contributed by atoms with E-state index in [1.165, 1.54) is 19.4 Å². The minimum absolute atomic E-state index is 0.0306. The molecule has 2 atom stereocenters. The number of rotatable bonds is 5. The molecule has 0 saturated carbocycles. The van der Waals surface area contributed by atoms with Crippen molar-refractivity contribution in [3.05, 3.63) is 82.2 Å². The normalized spacial score (nSPS) is 18.8.